The highest BCUT2D eigenvalue weighted by Crippen LogP contribution is 2.29. The van der Waals surface area contributed by atoms with Crippen molar-refractivity contribution >= 4 is 17.4 Å². The molecule has 1 aromatic carbocycles. The number of rotatable bonds is 3. The smallest absolute Gasteiger partial charge is 0.0378 e. The average molecular weight is 264 g/mol. The molecular weight excluding hydrogens is 240 g/mol. The van der Waals surface area contributed by atoms with Crippen molar-refractivity contribution in [2.75, 3.05) is 17.2 Å². The fourth-order valence-electron chi connectivity index (χ4n) is 2.45. The Hall–Kier alpha value is -0.670. The topological polar surface area (TPSA) is 29.3 Å². The van der Waals surface area contributed by atoms with E-state index in [1.165, 1.54) is 17.0 Å². The summed E-state index contributed by atoms with van der Waals surface area (Å²) >= 11 is 2.07. The Kier molecular flexibility index (Phi) is 4.57. The summed E-state index contributed by atoms with van der Waals surface area (Å²) in [4.78, 5) is 2.52. The highest BCUT2D eigenvalue weighted by Gasteiger charge is 2.25. The lowest BCUT2D eigenvalue weighted by Crippen LogP contribution is -2.44. The monoisotopic (exact) mass is 264 g/mol. The predicted molar refractivity (Wildman–Crippen MR) is 82.4 cm³/mol. The molecule has 3 heteroatoms. The van der Waals surface area contributed by atoms with Gasteiger partial charge in [0, 0.05) is 35.3 Å². The molecule has 0 amide bonds. The summed E-state index contributed by atoms with van der Waals surface area (Å²) in [7, 11) is 0. The molecule has 2 rings (SSSR count). The van der Waals surface area contributed by atoms with Gasteiger partial charge in [-0.1, -0.05) is 26.0 Å². The third kappa shape index (κ3) is 2.83. The third-order valence-electron chi connectivity index (χ3n) is 3.98. The molecule has 1 fully saturated rings. The SMILES string of the molecule is CC[C@@H](N)c1ccc(N2CCSC(C)C2C)cc1. The second kappa shape index (κ2) is 5.98. The van der Waals surface area contributed by atoms with E-state index in [-0.39, 0.29) is 6.04 Å². The van der Waals surface area contributed by atoms with E-state index in [4.69, 9.17) is 5.73 Å². The molecule has 0 radical (unpaired) electrons. The summed E-state index contributed by atoms with van der Waals surface area (Å²) in [5, 5.41) is 0.705. The van der Waals surface area contributed by atoms with Gasteiger partial charge in [-0.25, -0.2) is 0 Å². The molecule has 1 aromatic rings. The first-order chi connectivity index (χ1) is 8.63. The van der Waals surface area contributed by atoms with Crippen LogP contribution in [0.3, 0.4) is 0 Å². The summed E-state index contributed by atoms with van der Waals surface area (Å²) in [5.74, 6) is 1.22. The molecular formula is C15H24N2S. The maximum atomic E-state index is 6.06. The summed E-state index contributed by atoms with van der Waals surface area (Å²) < 4.78 is 0. The average Bonchev–Trinajstić information content (AvgIpc) is 2.41. The number of hydrogen-bond acceptors (Lipinski definition) is 3. The van der Waals surface area contributed by atoms with Gasteiger partial charge in [0.2, 0.25) is 0 Å². The minimum atomic E-state index is 0.173. The zero-order chi connectivity index (χ0) is 13.1. The first-order valence-corrected chi connectivity index (χ1v) is 7.92. The molecule has 100 valence electrons. The van der Waals surface area contributed by atoms with Gasteiger partial charge in [-0.15, -0.1) is 0 Å². The molecule has 0 spiro atoms. The first-order valence-electron chi connectivity index (χ1n) is 6.87. The summed E-state index contributed by atoms with van der Waals surface area (Å²) in [6.45, 7) is 7.92. The molecule has 0 saturated carbocycles. The van der Waals surface area contributed by atoms with Gasteiger partial charge in [0.15, 0.2) is 0 Å². The van der Waals surface area contributed by atoms with Crippen LogP contribution in [0, 0.1) is 0 Å². The summed E-state index contributed by atoms with van der Waals surface area (Å²) in [6.07, 6.45) is 0.993. The van der Waals surface area contributed by atoms with Crippen LogP contribution < -0.4 is 10.6 Å². The summed E-state index contributed by atoms with van der Waals surface area (Å²) in [6, 6.07) is 9.60. The number of anilines is 1. The lowest BCUT2D eigenvalue weighted by atomic mass is 10.0. The Morgan fingerprint density at radius 2 is 2.00 bits per heavy atom. The fourth-order valence-corrected chi connectivity index (χ4v) is 3.55. The quantitative estimate of drug-likeness (QED) is 0.907. The molecule has 2 nitrogen and oxygen atoms in total. The lowest BCUT2D eigenvalue weighted by Gasteiger charge is -2.39. The molecule has 0 bridgehead atoms. The minimum absolute atomic E-state index is 0.173. The van der Waals surface area contributed by atoms with Crippen LogP contribution in [0.1, 0.15) is 38.8 Å². The van der Waals surface area contributed by atoms with Crippen LogP contribution >= 0.6 is 11.8 Å². The van der Waals surface area contributed by atoms with E-state index in [0.717, 1.165) is 13.0 Å². The van der Waals surface area contributed by atoms with Crippen LogP contribution in [-0.2, 0) is 0 Å². The van der Waals surface area contributed by atoms with Crippen molar-refractivity contribution in [3.8, 4) is 0 Å². The van der Waals surface area contributed by atoms with Gasteiger partial charge < -0.3 is 10.6 Å². The van der Waals surface area contributed by atoms with Crippen LogP contribution in [0.2, 0.25) is 0 Å². The standard InChI is InChI=1S/C15H24N2S/c1-4-15(16)13-5-7-14(8-6-13)17-9-10-18-12(3)11(17)2/h5-8,11-12,15H,4,9-10,16H2,1-3H3/t11?,12?,15-/m1/s1. The number of benzene rings is 1. The fraction of sp³-hybridized carbons (Fsp3) is 0.600. The van der Waals surface area contributed by atoms with Crippen molar-refractivity contribution in [3.05, 3.63) is 29.8 Å². The zero-order valence-corrected chi connectivity index (χ0v) is 12.4. The van der Waals surface area contributed by atoms with E-state index in [1.54, 1.807) is 0 Å². The van der Waals surface area contributed by atoms with Crippen molar-refractivity contribution in [1.29, 1.82) is 0 Å². The molecule has 0 aromatic heterocycles. The van der Waals surface area contributed by atoms with Crippen LogP contribution in [0.25, 0.3) is 0 Å². The Morgan fingerprint density at radius 3 is 2.61 bits per heavy atom. The predicted octanol–water partition coefficient (Wildman–Crippen LogP) is 3.43. The molecule has 1 heterocycles. The van der Waals surface area contributed by atoms with E-state index in [2.05, 4.69) is 61.7 Å². The lowest BCUT2D eigenvalue weighted by molar-refractivity contribution is 0.627. The number of hydrogen-bond donors (Lipinski definition) is 1. The zero-order valence-electron chi connectivity index (χ0n) is 11.6. The normalized spacial score (nSPS) is 26.1. The van der Waals surface area contributed by atoms with Crippen LogP contribution in [0.4, 0.5) is 5.69 Å². The molecule has 18 heavy (non-hydrogen) atoms. The summed E-state index contributed by atoms with van der Waals surface area (Å²) in [5.41, 5.74) is 8.63. The highest BCUT2D eigenvalue weighted by molar-refractivity contribution is 8.00. The number of thioether (sulfide) groups is 1. The molecule has 1 aliphatic heterocycles. The van der Waals surface area contributed by atoms with Crippen LogP contribution in [-0.4, -0.2) is 23.6 Å². The van der Waals surface area contributed by atoms with Gasteiger partial charge in [0.1, 0.15) is 0 Å². The highest BCUT2D eigenvalue weighted by atomic mass is 32.2. The number of nitrogens with zero attached hydrogens (tertiary/aromatic N) is 1. The van der Waals surface area contributed by atoms with E-state index in [1.807, 2.05) is 0 Å². The molecule has 2 unspecified atom stereocenters. The van der Waals surface area contributed by atoms with E-state index < -0.39 is 0 Å². The van der Waals surface area contributed by atoms with Crippen LogP contribution in [0.15, 0.2) is 24.3 Å². The van der Waals surface area contributed by atoms with Crippen molar-refractivity contribution in [2.45, 2.75) is 44.5 Å². The molecule has 1 saturated heterocycles. The van der Waals surface area contributed by atoms with Gasteiger partial charge in [0.05, 0.1) is 0 Å². The molecule has 3 atom stereocenters. The largest absolute Gasteiger partial charge is 0.367 e. The van der Waals surface area contributed by atoms with Crippen molar-refractivity contribution < 1.29 is 0 Å². The molecule has 1 aliphatic rings. The van der Waals surface area contributed by atoms with Crippen molar-refractivity contribution in [3.63, 3.8) is 0 Å². The first kappa shape index (κ1) is 13.8. The van der Waals surface area contributed by atoms with Crippen molar-refractivity contribution in [2.24, 2.45) is 5.73 Å². The molecule has 0 aliphatic carbocycles. The van der Waals surface area contributed by atoms with Gasteiger partial charge >= 0.3 is 0 Å². The Balaban J connectivity index is 2.13. The van der Waals surface area contributed by atoms with Gasteiger partial charge in [0.25, 0.3) is 0 Å². The van der Waals surface area contributed by atoms with Gasteiger partial charge in [-0.2, -0.15) is 11.8 Å². The second-order valence-electron chi connectivity index (χ2n) is 5.12. The minimum Gasteiger partial charge on any atom is -0.367 e. The van der Waals surface area contributed by atoms with Gasteiger partial charge in [-0.05, 0) is 31.0 Å². The third-order valence-corrected chi connectivity index (χ3v) is 5.31. The van der Waals surface area contributed by atoms with Gasteiger partial charge in [-0.3, -0.25) is 0 Å². The number of nitrogens with two attached hydrogens (primary N) is 1. The Labute approximate surface area is 115 Å². The Morgan fingerprint density at radius 1 is 1.33 bits per heavy atom. The maximum Gasteiger partial charge on any atom is 0.0378 e. The van der Waals surface area contributed by atoms with Crippen LogP contribution in [0.5, 0.6) is 0 Å². The molecule has 2 N–H and O–H groups in total. The Bertz CT molecular complexity index is 377. The second-order valence-corrected chi connectivity index (χ2v) is 6.60. The maximum absolute atomic E-state index is 6.06. The van der Waals surface area contributed by atoms with E-state index >= 15 is 0 Å². The van der Waals surface area contributed by atoms with E-state index in [0.29, 0.717) is 11.3 Å². The van der Waals surface area contributed by atoms with Crippen molar-refractivity contribution in [1.82, 2.24) is 0 Å². The van der Waals surface area contributed by atoms with E-state index in [9.17, 15) is 0 Å².